The Balaban J connectivity index is 3.54. The van der Waals surface area contributed by atoms with Gasteiger partial charge < -0.3 is 10.5 Å². The zero-order valence-corrected chi connectivity index (χ0v) is 6.97. The van der Waals surface area contributed by atoms with E-state index in [0.717, 1.165) is 0 Å². The second-order valence-corrected chi connectivity index (χ2v) is 2.47. The third kappa shape index (κ3) is 4.74. The molecule has 0 saturated carbocycles. The van der Waals surface area contributed by atoms with Crippen molar-refractivity contribution in [2.24, 2.45) is 10.3 Å². The Hall–Kier alpha value is -0.620. The maximum absolute atomic E-state index is 10.7. The van der Waals surface area contributed by atoms with Crippen LogP contribution in [0, 0.1) is 4.91 Å². The summed E-state index contributed by atoms with van der Waals surface area (Å²) in [6.45, 7) is 1.99. The predicted octanol–water partition coefficient (Wildman–Crippen LogP) is 0.291. The molecule has 64 valence electrons. The summed E-state index contributed by atoms with van der Waals surface area (Å²) in [4.78, 5) is 20.3. The van der Waals surface area contributed by atoms with Gasteiger partial charge >= 0.3 is 5.97 Å². The van der Waals surface area contributed by atoms with E-state index in [4.69, 9.17) is 5.73 Å². The highest BCUT2D eigenvalue weighted by Gasteiger charge is 2.14. The molecular formula is C5H10N2O3S. The first-order valence-electron chi connectivity index (χ1n) is 3.09. The van der Waals surface area contributed by atoms with Crippen LogP contribution in [0.5, 0.6) is 0 Å². The van der Waals surface area contributed by atoms with Crippen molar-refractivity contribution in [3.63, 3.8) is 0 Å². The number of nitrogens with zero attached hydrogens (tertiary/aromatic N) is 1. The Morgan fingerprint density at radius 3 is 2.91 bits per heavy atom. The fourth-order valence-corrected chi connectivity index (χ4v) is 0.786. The van der Waals surface area contributed by atoms with Crippen LogP contribution in [0.4, 0.5) is 0 Å². The van der Waals surface area contributed by atoms with Gasteiger partial charge in [-0.15, -0.1) is 4.91 Å². The summed E-state index contributed by atoms with van der Waals surface area (Å²) in [6.07, 6.45) is 0. The average molecular weight is 178 g/mol. The highest BCUT2D eigenvalue weighted by molar-refractivity contribution is 7.97. The Bertz CT molecular complexity index is 142. The highest BCUT2D eigenvalue weighted by atomic mass is 32.2. The molecule has 5 nitrogen and oxygen atoms in total. The van der Waals surface area contributed by atoms with E-state index in [1.54, 1.807) is 6.92 Å². The molecule has 1 atom stereocenters. The molecule has 0 amide bonds. The van der Waals surface area contributed by atoms with Crippen LogP contribution in [0.25, 0.3) is 0 Å². The lowest BCUT2D eigenvalue weighted by atomic mass is 10.4. The molecule has 1 unspecified atom stereocenters. The molecule has 0 rings (SSSR count). The molecule has 11 heavy (non-hydrogen) atoms. The fraction of sp³-hybridized carbons (Fsp3) is 0.800. The van der Waals surface area contributed by atoms with Gasteiger partial charge in [0.05, 0.1) is 6.61 Å². The number of hydrogen-bond donors (Lipinski definition) is 1. The van der Waals surface area contributed by atoms with Gasteiger partial charge in [-0.25, -0.2) is 0 Å². The highest BCUT2D eigenvalue weighted by Crippen LogP contribution is 2.02. The summed E-state index contributed by atoms with van der Waals surface area (Å²) >= 11 is 0.714. The third-order valence-corrected chi connectivity index (χ3v) is 1.51. The van der Waals surface area contributed by atoms with Crippen molar-refractivity contribution in [1.29, 1.82) is 0 Å². The van der Waals surface area contributed by atoms with Crippen LogP contribution in [-0.2, 0) is 9.53 Å². The molecule has 0 aliphatic carbocycles. The van der Waals surface area contributed by atoms with Gasteiger partial charge in [-0.05, 0) is 6.92 Å². The number of rotatable bonds is 5. The lowest BCUT2D eigenvalue weighted by Crippen LogP contribution is -2.34. The summed E-state index contributed by atoms with van der Waals surface area (Å²) in [5.41, 5.74) is 5.30. The first-order chi connectivity index (χ1) is 5.22. The fourth-order valence-electron chi connectivity index (χ4n) is 0.428. The minimum atomic E-state index is -0.752. The SMILES string of the molecule is CCOC(=O)C(N)CSN=O. The first kappa shape index (κ1) is 10.4. The Morgan fingerprint density at radius 2 is 2.45 bits per heavy atom. The van der Waals surface area contributed by atoms with Crippen molar-refractivity contribution < 1.29 is 9.53 Å². The Morgan fingerprint density at radius 1 is 1.82 bits per heavy atom. The normalized spacial score (nSPS) is 12.2. The number of carbonyl (C=O) groups excluding carboxylic acids is 1. The summed E-state index contributed by atoms with van der Waals surface area (Å²) in [5, 5.41) is 0. The average Bonchev–Trinajstić information content (AvgIpc) is 2.00. The maximum Gasteiger partial charge on any atom is 0.323 e. The van der Waals surface area contributed by atoms with Gasteiger partial charge in [0.15, 0.2) is 0 Å². The summed E-state index contributed by atoms with van der Waals surface area (Å²) < 4.78 is 7.08. The lowest BCUT2D eigenvalue weighted by Gasteiger charge is -2.06. The van der Waals surface area contributed by atoms with Crippen LogP contribution >= 0.6 is 11.9 Å². The smallest absolute Gasteiger partial charge is 0.323 e. The summed E-state index contributed by atoms with van der Waals surface area (Å²) in [7, 11) is 0. The molecule has 0 saturated heterocycles. The molecule has 0 spiro atoms. The van der Waals surface area contributed by atoms with Crippen molar-refractivity contribution >= 4 is 17.9 Å². The maximum atomic E-state index is 10.7. The molecular weight excluding hydrogens is 168 g/mol. The van der Waals surface area contributed by atoms with Gasteiger partial charge in [-0.3, -0.25) is 4.79 Å². The second kappa shape index (κ2) is 6.11. The molecule has 0 aliphatic rings. The Labute approximate surface area is 68.8 Å². The van der Waals surface area contributed by atoms with Gasteiger partial charge in [0.1, 0.15) is 6.04 Å². The molecule has 0 fully saturated rings. The topological polar surface area (TPSA) is 81.8 Å². The number of esters is 1. The van der Waals surface area contributed by atoms with Crippen LogP contribution in [0.3, 0.4) is 0 Å². The molecule has 6 heteroatoms. The number of nitroso groups, excluding NO2 is 1. The van der Waals surface area contributed by atoms with Gasteiger partial charge in [0, 0.05) is 22.3 Å². The number of hydrogen-bond acceptors (Lipinski definition) is 6. The van der Waals surface area contributed by atoms with Crippen LogP contribution in [0.2, 0.25) is 0 Å². The standard InChI is InChI=1S/C5H10N2O3S/c1-2-10-5(8)4(6)3-11-7-9/h4H,2-3,6H2,1H3. The van der Waals surface area contributed by atoms with Crippen molar-refractivity contribution in [3.8, 4) is 0 Å². The minimum absolute atomic E-state index is 0.169. The van der Waals surface area contributed by atoms with Gasteiger partial charge in [-0.1, -0.05) is 0 Å². The Kier molecular flexibility index (Phi) is 5.77. The molecule has 2 N–H and O–H groups in total. The van der Waals surface area contributed by atoms with Crippen LogP contribution in [0.1, 0.15) is 6.92 Å². The van der Waals surface area contributed by atoms with E-state index in [9.17, 15) is 9.70 Å². The van der Waals surface area contributed by atoms with Crippen LogP contribution < -0.4 is 5.73 Å². The molecule has 0 aromatic heterocycles. The van der Waals surface area contributed by atoms with E-state index in [0.29, 0.717) is 18.6 Å². The van der Waals surface area contributed by atoms with Crippen molar-refractivity contribution in [1.82, 2.24) is 0 Å². The van der Waals surface area contributed by atoms with E-state index in [1.807, 2.05) is 0 Å². The molecule has 0 bridgehead atoms. The van der Waals surface area contributed by atoms with Gasteiger partial charge in [0.25, 0.3) is 0 Å². The summed E-state index contributed by atoms with van der Waals surface area (Å²) in [5.74, 6) is -0.328. The van der Waals surface area contributed by atoms with Crippen molar-refractivity contribution in [2.75, 3.05) is 12.4 Å². The van der Waals surface area contributed by atoms with E-state index in [1.165, 1.54) is 0 Å². The first-order valence-corrected chi connectivity index (χ1v) is 4.03. The largest absolute Gasteiger partial charge is 0.465 e. The monoisotopic (exact) mass is 178 g/mol. The van der Waals surface area contributed by atoms with E-state index < -0.39 is 12.0 Å². The summed E-state index contributed by atoms with van der Waals surface area (Å²) in [6, 6.07) is -0.752. The molecule has 0 aromatic carbocycles. The molecule has 0 aromatic rings. The number of ether oxygens (including phenoxy) is 1. The zero-order chi connectivity index (χ0) is 8.69. The van der Waals surface area contributed by atoms with Gasteiger partial charge in [0.2, 0.25) is 0 Å². The van der Waals surface area contributed by atoms with Crippen molar-refractivity contribution in [3.05, 3.63) is 4.91 Å². The lowest BCUT2D eigenvalue weighted by molar-refractivity contribution is -0.144. The third-order valence-electron chi connectivity index (χ3n) is 0.896. The quantitative estimate of drug-likeness (QED) is 0.372. The minimum Gasteiger partial charge on any atom is -0.465 e. The van der Waals surface area contributed by atoms with E-state index in [-0.39, 0.29) is 5.75 Å². The predicted molar refractivity (Wildman–Crippen MR) is 42.9 cm³/mol. The number of nitrogens with two attached hydrogens (primary N) is 1. The van der Waals surface area contributed by atoms with E-state index >= 15 is 0 Å². The molecule has 0 heterocycles. The second-order valence-electron chi connectivity index (χ2n) is 1.73. The molecule has 0 aliphatic heterocycles. The van der Waals surface area contributed by atoms with Crippen LogP contribution in [0.15, 0.2) is 4.58 Å². The van der Waals surface area contributed by atoms with E-state index in [2.05, 4.69) is 9.32 Å². The van der Waals surface area contributed by atoms with Gasteiger partial charge in [-0.2, -0.15) is 0 Å². The zero-order valence-electron chi connectivity index (χ0n) is 6.15. The van der Waals surface area contributed by atoms with Crippen molar-refractivity contribution in [2.45, 2.75) is 13.0 Å². The molecule has 0 radical (unpaired) electrons. The number of carbonyl (C=O) groups is 1. The van der Waals surface area contributed by atoms with Crippen LogP contribution in [-0.4, -0.2) is 24.4 Å².